The number of carboxylic acid groups (broad SMARTS) is 1. The van der Waals surface area contributed by atoms with Crippen molar-refractivity contribution < 1.29 is 19.8 Å². The monoisotopic (exact) mass is 285 g/mol. The van der Waals surface area contributed by atoms with Gasteiger partial charge in [-0.1, -0.05) is 25.7 Å². The number of hydrogen-bond acceptors (Lipinski definition) is 3. The van der Waals surface area contributed by atoms with Crippen LogP contribution in [0.15, 0.2) is 0 Å². The Morgan fingerprint density at radius 3 is 2.45 bits per heavy atom. The standard InChI is InChI=1S/C15H27NO4/c17-13-8-6-7-12(11-13)15(20)16-10-5-3-1-2-4-9-14(18)19/h12-13,17H,1-11H2,(H,16,20)(H,18,19). The summed E-state index contributed by atoms with van der Waals surface area (Å²) in [4.78, 5) is 22.2. The summed E-state index contributed by atoms with van der Waals surface area (Å²) in [7, 11) is 0. The summed E-state index contributed by atoms with van der Waals surface area (Å²) < 4.78 is 0. The van der Waals surface area contributed by atoms with E-state index >= 15 is 0 Å². The zero-order valence-corrected chi connectivity index (χ0v) is 12.1. The summed E-state index contributed by atoms with van der Waals surface area (Å²) in [6, 6.07) is 0. The number of rotatable bonds is 9. The molecule has 5 nitrogen and oxygen atoms in total. The summed E-state index contributed by atoms with van der Waals surface area (Å²) >= 11 is 0. The molecule has 1 rings (SSSR count). The van der Waals surface area contributed by atoms with Crippen LogP contribution >= 0.6 is 0 Å². The number of amides is 1. The fourth-order valence-electron chi connectivity index (χ4n) is 2.69. The third kappa shape index (κ3) is 7.48. The first-order valence-electron chi connectivity index (χ1n) is 7.77. The second-order valence-corrected chi connectivity index (χ2v) is 5.72. The summed E-state index contributed by atoms with van der Waals surface area (Å²) in [5.74, 6) is -0.670. The minimum Gasteiger partial charge on any atom is -0.481 e. The van der Waals surface area contributed by atoms with Crippen molar-refractivity contribution in [3.8, 4) is 0 Å². The van der Waals surface area contributed by atoms with Gasteiger partial charge in [0.15, 0.2) is 0 Å². The molecule has 2 unspecified atom stereocenters. The van der Waals surface area contributed by atoms with E-state index in [9.17, 15) is 14.7 Å². The predicted octanol–water partition coefficient (Wildman–Crippen LogP) is 2.08. The Morgan fingerprint density at radius 1 is 1.05 bits per heavy atom. The fourth-order valence-corrected chi connectivity index (χ4v) is 2.69. The Kier molecular flexibility index (Phi) is 8.26. The fraction of sp³-hybridized carbons (Fsp3) is 0.867. The Labute approximate surface area is 120 Å². The van der Waals surface area contributed by atoms with Gasteiger partial charge in [-0.05, 0) is 32.1 Å². The minimum atomic E-state index is -0.730. The number of aliphatic hydroxyl groups excluding tert-OH is 1. The number of carbonyl (C=O) groups excluding carboxylic acids is 1. The zero-order valence-electron chi connectivity index (χ0n) is 12.1. The third-order valence-electron chi connectivity index (χ3n) is 3.88. The number of aliphatic hydroxyl groups is 1. The molecule has 5 heteroatoms. The van der Waals surface area contributed by atoms with Crippen LogP contribution in [0.3, 0.4) is 0 Å². The van der Waals surface area contributed by atoms with E-state index in [4.69, 9.17) is 5.11 Å². The van der Waals surface area contributed by atoms with Gasteiger partial charge in [-0.25, -0.2) is 0 Å². The molecule has 0 aromatic carbocycles. The minimum absolute atomic E-state index is 0.0192. The van der Waals surface area contributed by atoms with Crippen LogP contribution in [0, 0.1) is 5.92 Å². The highest BCUT2D eigenvalue weighted by atomic mass is 16.4. The van der Waals surface area contributed by atoms with E-state index in [1.165, 1.54) is 0 Å². The van der Waals surface area contributed by atoms with Crippen molar-refractivity contribution in [2.75, 3.05) is 6.54 Å². The maximum absolute atomic E-state index is 11.9. The van der Waals surface area contributed by atoms with E-state index in [-0.39, 0.29) is 24.3 Å². The van der Waals surface area contributed by atoms with Crippen LogP contribution in [-0.4, -0.2) is 34.7 Å². The van der Waals surface area contributed by atoms with Gasteiger partial charge >= 0.3 is 5.97 Å². The summed E-state index contributed by atoms with van der Waals surface area (Å²) in [6.07, 6.45) is 7.83. The zero-order chi connectivity index (χ0) is 14.8. The number of hydrogen-bond donors (Lipinski definition) is 3. The van der Waals surface area contributed by atoms with Crippen molar-refractivity contribution in [3.63, 3.8) is 0 Å². The Morgan fingerprint density at radius 2 is 1.75 bits per heavy atom. The second kappa shape index (κ2) is 9.75. The molecule has 1 saturated carbocycles. The molecule has 1 amide bonds. The van der Waals surface area contributed by atoms with Crippen molar-refractivity contribution in [3.05, 3.63) is 0 Å². The van der Waals surface area contributed by atoms with Crippen molar-refractivity contribution in [2.24, 2.45) is 5.92 Å². The molecule has 1 aliphatic rings. The molecule has 2 atom stereocenters. The van der Waals surface area contributed by atoms with Crippen LogP contribution in [0.4, 0.5) is 0 Å². The van der Waals surface area contributed by atoms with Crippen molar-refractivity contribution >= 4 is 11.9 Å². The molecule has 0 saturated heterocycles. The highest BCUT2D eigenvalue weighted by molar-refractivity contribution is 5.78. The molecule has 0 aromatic rings. The smallest absolute Gasteiger partial charge is 0.303 e. The highest BCUT2D eigenvalue weighted by Crippen LogP contribution is 2.24. The first-order chi connectivity index (χ1) is 9.59. The lowest BCUT2D eigenvalue weighted by Crippen LogP contribution is -2.35. The normalized spacial score (nSPS) is 22.4. The van der Waals surface area contributed by atoms with Crippen LogP contribution in [0.2, 0.25) is 0 Å². The first kappa shape index (κ1) is 17.0. The van der Waals surface area contributed by atoms with Crippen molar-refractivity contribution in [2.45, 2.75) is 70.3 Å². The number of nitrogens with one attached hydrogen (secondary N) is 1. The summed E-state index contributed by atoms with van der Waals surface area (Å²) in [5, 5.41) is 21.0. The SMILES string of the molecule is O=C(O)CCCCCCCNC(=O)C1CCCC(O)C1. The second-order valence-electron chi connectivity index (χ2n) is 5.72. The van der Waals surface area contributed by atoms with E-state index in [0.717, 1.165) is 51.4 Å². The van der Waals surface area contributed by atoms with E-state index in [2.05, 4.69) is 5.32 Å². The topological polar surface area (TPSA) is 86.6 Å². The predicted molar refractivity (Wildman–Crippen MR) is 76.3 cm³/mol. The number of unbranched alkanes of at least 4 members (excludes halogenated alkanes) is 4. The van der Waals surface area contributed by atoms with Gasteiger partial charge in [0.1, 0.15) is 0 Å². The Bertz CT molecular complexity index is 306. The first-order valence-corrected chi connectivity index (χ1v) is 7.77. The maximum atomic E-state index is 11.9. The van der Waals surface area contributed by atoms with Crippen LogP contribution < -0.4 is 5.32 Å². The van der Waals surface area contributed by atoms with Gasteiger partial charge in [0.25, 0.3) is 0 Å². The highest BCUT2D eigenvalue weighted by Gasteiger charge is 2.25. The van der Waals surface area contributed by atoms with E-state index in [1.807, 2.05) is 0 Å². The lowest BCUT2D eigenvalue weighted by Gasteiger charge is -2.24. The van der Waals surface area contributed by atoms with Crippen molar-refractivity contribution in [1.29, 1.82) is 0 Å². The van der Waals surface area contributed by atoms with Crippen LogP contribution in [0.5, 0.6) is 0 Å². The quantitative estimate of drug-likeness (QED) is 0.566. The average molecular weight is 285 g/mol. The molecule has 1 aliphatic carbocycles. The van der Waals surface area contributed by atoms with Gasteiger partial charge in [0, 0.05) is 18.9 Å². The van der Waals surface area contributed by atoms with Crippen LogP contribution in [-0.2, 0) is 9.59 Å². The lowest BCUT2D eigenvalue weighted by atomic mass is 9.87. The molecule has 0 bridgehead atoms. The molecule has 0 aliphatic heterocycles. The Hall–Kier alpha value is -1.10. The van der Waals surface area contributed by atoms with Gasteiger partial charge in [-0.3, -0.25) is 9.59 Å². The lowest BCUT2D eigenvalue weighted by molar-refractivity contribution is -0.137. The number of carboxylic acids is 1. The third-order valence-corrected chi connectivity index (χ3v) is 3.88. The van der Waals surface area contributed by atoms with Crippen LogP contribution in [0.25, 0.3) is 0 Å². The van der Waals surface area contributed by atoms with Gasteiger partial charge in [0.05, 0.1) is 6.10 Å². The molecule has 0 radical (unpaired) electrons. The Balaban J connectivity index is 1.95. The van der Waals surface area contributed by atoms with Crippen molar-refractivity contribution in [1.82, 2.24) is 5.32 Å². The van der Waals surface area contributed by atoms with Gasteiger partial charge < -0.3 is 15.5 Å². The van der Waals surface area contributed by atoms with Gasteiger partial charge in [-0.2, -0.15) is 0 Å². The van der Waals surface area contributed by atoms with Crippen LogP contribution in [0.1, 0.15) is 64.2 Å². The van der Waals surface area contributed by atoms with Gasteiger partial charge in [-0.15, -0.1) is 0 Å². The van der Waals surface area contributed by atoms with E-state index < -0.39 is 5.97 Å². The van der Waals surface area contributed by atoms with E-state index in [1.54, 1.807) is 0 Å². The number of carbonyl (C=O) groups is 2. The molecule has 3 N–H and O–H groups in total. The molecule has 0 heterocycles. The number of aliphatic carboxylic acids is 1. The molecule has 1 fully saturated rings. The van der Waals surface area contributed by atoms with Gasteiger partial charge in [0.2, 0.25) is 5.91 Å². The summed E-state index contributed by atoms with van der Waals surface area (Å²) in [6.45, 7) is 0.685. The molecule has 116 valence electrons. The maximum Gasteiger partial charge on any atom is 0.303 e. The molecule has 0 aromatic heterocycles. The van der Waals surface area contributed by atoms with E-state index in [0.29, 0.717) is 13.0 Å². The summed E-state index contributed by atoms with van der Waals surface area (Å²) in [5.41, 5.74) is 0. The molecular weight excluding hydrogens is 258 g/mol. The average Bonchev–Trinajstić information content (AvgIpc) is 2.41. The molecular formula is C15H27NO4. The molecule has 20 heavy (non-hydrogen) atoms. The molecule has 0 spiro atoms. The largest absolute Gasteiger partial charge is 0.481 e.